The molecule has 1 saturated heterocycles. The lowest BCUT2D eigenvalue weighted by atomic mass is 9.95. The Morgan fingerprint density at radius 2 is 1.68 bits per heavy atom. The number of hydrogen-bond acceptors (Lipinski definition) is 5. The molecule has 2 aromatic heterocycles. The molecule has 2 aromatic carbocycles. The van der Waals surface area contributed by atoms with Crippen LogP contribution in [0, 0.1) is 6.92 Å². The van der Waals surface area contributed by atoms with Gasteiger partial charge in [0.15, 0.2) is 0 Å². The molecule has 0 saturated carbocycles. The topological polar surface area (TPSA) is 81.8 Å². The van der Waals surface area contributed by atoms with Crippen molar-refractivity contribution in [2.75, 3.05) is 37.6 Å². The van der Waals surface area contributed by atoms with Crippen LogP contribution in [0.15, 0.2) is 67.0 Å². The fraction of sp³-hybridized carbons (Fsp3) is 0.400. The summed E-state index contributed by atoms with van der Waals surface area (Å²) >= 11 is 6.21. The third-order valence-electron chi connectivity index (χ3n) is 8.06. The summed E-state index contributed by atoms with van der Waals surface area (Å²) in [5, 5.41) is 1.70. The number of anilines is 1. The molecule has 232 valence electrons. The number of aromatic nitrogens is 2. The normalized spacial score (nSPS) is 14.6. The Balaban J connectivity index is 1.41. The first-order valence-electron chi connectivity index (χ1n) is 15.2. The fourth-order valence-corrected chi connectivity index (χ4v) is 5.92. The molecular weight excluding hydrogens is 574 g/mol. The molecule has 1 N–H and O–H groups in total. The number of carbonyl (C=O) groups is 2. The van der Waals surface area contributed by atoms with E-state index in [1.165, 1.54) is 0 Å². The minimum Gasteiger partial charge on any atom is -0.444 e. The lowest BCUT2D eigenvalue weighted by Gasteiger charge is -2.40. The van der Waals surface area contributed by atoms with Gasteiger partial charge in [-0.3, -0.25) is 4.79 Å². The number of fused-ring (bicyclic) bond motifs is 1. The molecule has 9 heteroatoms. The third kappa shape index (κ3) is 6.86. The molecule has 1 aliphatic rings. The summed E-state index contributed by atoms with van der Waals surface area (Å²) in [6.07, 6.45) is 3.51. The quantitative estimate of drug-likeness (QED) is 0.236. The maximum atomic E-state index is 14.3. The number of benzene rings is 2. The van der Waals surface area contributed by atoms with Crippen LogP contribution in [-0.2, 0) is 9.53 Å². The van der Waals surface area contributed by atoms with E-state index in [2.05, 4.69) is 28.9 Å². The highest BCUT2D eigenvalue weighted by Gasteiger charge is 2.34. The van der Waals surface area contributed by atoms with E-state index in [0.29, 0.717) is 31.2 Å². The van der Waals surface area contributed by atoms with Crippen molar-refractivity contribution in [1.29, 1.82) is 0 Å². The van der Waals surface area contributed by atoms with Crippen molar-refractivity contribution >= 4 is 40.3 Å². The third-order valence-corrected chi connectivity index (χ3v) is 8.32. The molecule has 1 atom stereocenters. The van der Waals surface area contributed by atoms with E-state index >= 15 is 0 Å². The van der Waals surface area contributed by atoms with Gasteiger partial charge in [0.2, 0.25) is 5.91 Å². The van der Waals surface area contributed by atoms with E-state index in [-0.39, 0.29) is 18.5 Å². The largest absolute Gasteiger partial charge is 0.444 e. The molecule has 1 fully saturated rings. The molecule has 4 aromatic rings. The van der Waals surface area contributed by atoms with Crippen LogP contribution in [0.2, 0.25) is 5.02 Å². The second-order valence-corrected chi connectivity index (χ2v) is 13.2. The van der Waals surface area contributed by atoms with Gasteiger partial charge in [0.25, 0.3) is 0 Å². The number of nitrogens with zero attached hydrogens (tertiary/aromatic N) is 4. The Hall–Kier alpha value is -4.04. The Kier molecular flexibility index (Phi) is 9.20. The fourth-order valence-electron chi connectivity index (χ4n) is 5.80. The number of nitrogens with one attached hydrogen (secondary N) is 1. The van der Waals surface area contributed by atoms with Crippen molar-refractivity contribution in [2.45, 2.75) is 59.1 Å². The van der Waals surface area contributed by atoms with Gasteiger partial charge in [-0.2, -0.15) is 0 Å². The predicted molar refractivity (Wildman–Crippen MR) is 177 cm³/mol. The molecule has 0 unspecified atom stereocenters. The summed E-state index contributed by atoms with van der Waals surface area (Å²) in [5.41, 5.74) is 5.49. The number of H-pyrrole nitrogens is 1. The summed E-state index contributed by atoms with van der Waals surface area (Å²) in [6, 6.07) is 17.5. The van der Waals surface area contributed by atoms with Crippen LogP contribution in [0.1, 0.15) is 51.7 Å². The molecule has 0 aliphatic carbocycles. The summed E-state index contributed by atoms with van der Waals surface area (Å²) in [7, 11) is 0. The van der Waals surface area contributed by atoms with E-state index in [1.807, 2.05) is 82.2 Å². The van der Waals surface area contributed by atoms with Crippen molar-refractivity contribution in [3.63, 3.8) is 0 Å². The number of piperazine rings is 1. The van der Waals surface area contributed by atoms with Gasteiger partial charge in [-0.05, 0) is 70.4 Å². The second-order valence-electron chi connectivity index (χ2n) is 12.7. The van der Waals surface area contributed by atoms with Crippen LogP contribution in [0.25, 0.3) is 22.2 Å². The summed E-state index contributed by atoms with van der Waals surface area (Å²) < 4.78 is 5.72. The Morgan fingerprint density at radius 1 is 1.02 bits per heavy atom. The molecule has 44 heavy (non-hydrogen) atoms. The van der Waals surface area contributed by atoms with E-state index in [1.54, 1.807) is 17.0 Å². The molecule has 0 bridgehead atoms. The number of aromatic amines is 1. The summed E-state index contributed by atoms with van der Waals surface area (Å²) in [5.74, 6) is -0.574. The zero-order valence-electron chi connectivity index (χ0n) is 26.4. The highest BCUT2D eigenvalue weighted by atomic mass is 35.5. The van der Waals surface area contributed by atoms with Crippen LogP contribution in [0.4, 0.5) is 10.5 Å². The van der Waals surface area contributed by atoms with Crippen LogP contribution >= 0.6 is 11.6 Å². The Bertz CT molecular complexity index is 1600. The molecule has 1 aliphatic heterocycles. The molecule has 0 radical (unpaired) electrons. The van der Waals surface area contributed by atoms with Gasteiger partial charge >= 0.3 is 6.09 Å². The monoisotopic (exact) mass is 615 g/mol. The number of hydrogen-bond donors (Lipinski definition) is 1. The highest BCUT2D eigenvalue weighted by Crippen LogP contribution is 2.38. The number of pyridine rings is 1. The van der Waals surface area contributed by atoms with Crippen molar-refractivity contribution in [1.82, 2.24) is 19.8 Å². The number of amides is 2. The first-order valence-corrected chi connectivity index (χ1v) is 15.6. The number of carbonyl (C=O) groups excluding carboxylic acids is 2. The Morgan fingerprint density at radius 3 is 2.30 bits per heavy atom. The maximum absolute atomic E-state index is 14.3. The van der Waals surface area contributed by atoms with Crippen molar-refractivity contribution in [3.05, 3.63) is 83.1 Å². The van der Waals surface area contributed by atoms with Crippen molar-refractivity contribution in [2.24, 2.45) is 0 Å². The van der Waals surface area contributed by atoms with E-state index in [4.69, 9.17) is 21.3 Å². The lowest BCUT2D eigenvalue weighted by molar-refractivity contribution is -0.133. The van der Waals surface area contributed by atoms with Crippen LogP contribution in [0.3, 0.4) is 0 Å². The van der Waals surface area contributed by atoms with Crippen molar-refractivity contribution in [3.8, 4) is 11.1 Å². The number of halogens is 1. The van der Waals surface area contributed by atoms with E-state index in [9.17, 15) is 9.59 Å². The lowest BCUT2D eigenvalue weighted by Crippen LogP contribution is -2.52. The van der Waals surface area contributed by atoms with Gasteiger partial charge in [0.1, 0.15) is 11.2 Å². The zero-order valence-corrected chi connectivity index (χ0v) is 27.2. The molecular formula is C35H42ClN5O3. The zero-order chi connectivity index (χ0) is 31.6. The van der Waals surface area contributed by atoms with Crippen LogP contribution in [-0.4, -0.2) is 76.1 Å². The standard InChI is InChI=1S/C35H42ClN5O3/c1-23(2)41(34(43)44-35(4,5)6)22-29(26-12-14-27(36)15-13-26)33(42)40-18-16-39(17-19-40)31-28(25-10-8-7-9-11-25)21-38-32-30(31)24(3)20-37-32/h7-15,20-21,23,29H,16-19,22H2,1-6H3,(H,37,38)/t29-/m1/s1. The second kappa shape index (κ2) is 12.9. The number of rotatable bonds is 7. The van der Waals surface area contributed by atoms with Crippen LogP contribution in [0.5, 0.6) is 0 Å². The molecule has 3 heterocycles. The van der Waals surface area contributed by atoms with Gasteiger partial charge in [-0.1, -0.05) is 54.1 Å². The van der Waals surface area contributed by atoms with Gasteiger partial charge < -0.3 is 24.4 Å². The maximum Gasteiger partial charge on any atom is 0.410 e. The minimum atomic E-state index is -0.644. The molecule has 8 nitrogen and oxygen atoms in total. The molecule has 5 rings (SSSR count). The average Bonchev–Trinajstić information content (AvgIpc) is 3.37. The first-order chi connectivity index (χ1) is 20.9. The Labute approximate surface area is 265 Å². The minimum absolute atomic E-state index is 0.0119. The smallest absolute Gasteiger partial charge is 0.410 e. The highest BCUT2D eigenvalue weighted by molar-refractivity contribution is 6.30. The average molecular weight is 616 g/mol. The van der Waals surface area contributed by atoms with Gasteiger partial charge in [0, 0.05) is 67.1 Å². The van der Waals surface area contributed by atoms with Gasteiger partial charge in [-0.25, -0.2) is 9.78 Å². The van der Waals surface area contributed by atoms with Gasteiger partial charge in [0.05, 0.1) is 11.6 Å². The molecule has 2 amide bonds. The SMILES string of the molecule is Cc1c[nH]c2ncc(-c3ccccc3)c(N3CCN(C(=O)[C@H](CN(C(=O)OC(C)(C)C)C(C)C)c4ccc(Cl)cc4)CC3)c12. The first kappa shape index (κ1) is 31.4. The van der Waals surface area contributed by atoms with Crippen LogP contribution < -0.4 is 4.90 Å². The molecule has 0 spiro atoms. The summed E-state index contributed by atoms with van der Waals surface area (Å²) in [4.78, 5) is 41.5. The number of aryl methyl sites for hydroxylation is 1. The van der Waals surface area contributed by atoms with Crippen molar-refractivity contribution < 1.29 is 14.3 Å². The number of ether oxygens (including phenoxy) is 1. The summed E-state index contributed by atoms with van der Waals surface area (Å²) in [6.45, 7) is 14.2. The van der Waals surface area contributed by atoms with E-state index < -0.39 is 17.6 Å². The van der Waals surface area contributed by atoms with E-state index in [0.717, 1.165) is 39.0 Å². The predicted octanol–water partition coefficient (Wildman–Crippen LogP) is 7.27. The van der Waals surface area contributed by atoms with Gasteiger partial charge in [-0.15, -0.1) is 0 Å².